The van der Waals surface area contributed by atoms with E-state index < -0.39 is 40.0 Å². The summed E-state index contributed by atoms with van der Waals surface area (Å²) in [5.41, 5.74) is -1.25. The molecule has 1 nitrogen and oxygen atoms in total. The number of ether oxygens (including phenoxy) is 1. The van der Waals surface area contributed by atoms with Crippen LogP contribution < -0.4 is 15.7 Å². The molecule has 0 saturated heterocycles. The van der Waals surface area contributed by atoms with E-state index in [4.69, 9.17) is 0 Å². The molecule has 0 spiro atoms. The van der Waals surface area contributed by atoms with E-state index in [1.165, 1.54) is 7.11 Å². The summed E-state index contributed by atoms with van der Waals surface area (Å²) >= 11 is 0. The Morgan fingerprint density at radius 3 is 2.25 bits per heavy atom. The molecule has 0 N–H and O–H groups in total. The van der Waals surface area contributed by atoms with Gasteiger partial charge in [-0.25, -0.2) is 22.0 Å². The predicted octanol–water partition coefficient (Wildman–Crippen LogP) is 2.05. The van der Waals surface area contributed by atoms with Crippen LogP contribution in [0.1, 0.15) is 0 Å². The normalized spacial score (nSPS) is 10.5. The molecule has 0 aromatic heterocycles. The Morgan fingerprint density at radius 2 is 1.60 bits per heavy atom. The molecule has 0 aliphatic heterocycles. The van der Waals surface area contributed by atoms with Crippen molar-refractivity contribution in [3.05, 3.63) is 53.4 Å². The molecule has 2 aromatic carbocycles. The van der Waals surface area contributed by atoms with Crippen molar-refractivity contribution in [2.45, 2.75) is 0 Å². The van der Waals surface area contributed by atoms with Gasteiger partial charge in [-0.15, -0.1) is 0 Å². The Morgan fingerprint density at radius 1 is 0.900 bits per heavy atom. The Balaban J connectivity index is 2.50. The van der Waals surface area contributed by atoms with E-state index in [9.17, 15) is 22.0 Å². The second-order valence-corrected chi connectivity index (χ2v) is 3.91. The van der Waals surface area contributed by atoms with E-state index in [1.807, 2.05) is 0 Å². The molecule has 0 fully saturated rings. The Kier molecular flexibility index (Phi) is 3.97. The number of benzene rings is 2. The third-order valence-corrected chi connectivity index (χ3v) is 2.63. The van der Waals surface area contributed by atoms with Gasteiger partial charge in [0.1, 0.15) is 11.6 Å². The summed E-state index contributed by atoms with van der Waals surface area (Å²) in [7, 11) is 1.84. The van der Waals surface area contributed by atoms with E-state index >= 15 is 0 Å². The predicted molar refractivity (Wildman–Crippen MR) is 64.2 cm³/mol. The van der Waals surface area contributed by atoms with Gasteiger partial charge in [-0.1, -0.05) is 0 Å². The SMILES string of the molecule is COc1ccc(F)c([B]c2cc(F)cc(F)c2F)c1F. The number of methoxy groups -OCH3 is 1. The van der Waals surface area contributed by atoms with E-state index in [0.717, 1.165) is 12.1 Å². The fourth-order valence-corrected chi connectivity index (χ4v) is 1.68. The number of rotatable bonds is 3. The van der Waals surface area contributed by atoms with Crippen molar-refractivity contribution in [1.29, 1.82) is 0 Å². The zero-order valence-corrected chi connectivity index (χ0v) is 10.2. The van der Waals surface area contributed by atoms with E-state index in [-0.39, 0.29) is 5.75 Å². The minimum Gasteiger partial charge on any atom is -0.494 e. The van der Waals surface area contributed by atoms with Gasteiger partial charge in [-0.2, -0.15) is 0 Å². The lowest BCUT2D eigenvalue weighted by atomic mass is 9.63. The first-order valence-corrected chi connectivity index (χ1v) is 5.45. The molecule has 20 heavy (non-hydrogen) atoms. The highest BCUT2D eigenvalue weighted by Gasteiger charge is 2.19. The van der Waals surface area contributed by atoms with Gasteiger partial charge in [0, 0.05) is 6.07 Å². The highest BCUT2D eigenvalue weighted by atomic mass is 19.2. The van der Waals surface area contributed by atoms with Crippen LogP contribution in [0.2, 0.25) is 0 Å². The van der Waals surface area contributed by atoms with Crippen LogP contribution in [0.3, 0.4) is 0 Å². The van der Waals surface area contributed by atoms with Crippen molar-refractivity contribution < 1.29 is 26.7 Å². The molecule has 1 radical (unpaired) electrons. The zero-order chi connectivity index (χ0) is 14.9. The molecule has 0 heterocycles. The minimum atomic E-state index is -1.44. The second-order valence-electron chi connectivity index (χ2n) is 3.91. The topological polar surface area (TPSA) is 9.23 Å². The molecular formula is C13H7BF5O. The van der Waals surface area contributed by atoms with Gasteiger partial charge >= 0.3 is 0 Å². The lowest BCUT2D eigenvalue weighted by Gasteiger charge is -2.09. The second kappa shape index (κ2) is 5.52. The van der Waals surface area contributed by atoms with Gasteiger partial charge in [-0.3, -0.25) is 0 Å². The molecular weight excluding hydrogens is 278 g/mol. The molecule has 0 amide bonds. The van der Waals surface area contributed by atoms with Crippen molar-refractivity contribution >= 4 is 18.2 Å². The molecule has 0 aliphatic carbocycles. The smallest absolute Gasteiger partial charge is 0.203 e. The van der Waals surface area contributed by atoms with Crippen LogP contribution in [-0.2, 0) is 0 Å². The maximum Gasteiger partial charge on any atom is 0.203 e. The fourth-order valence-electron chi connectivity index (χ4n) is 1.68. The molecule has 0 atom stereocenters. The van der Waals surface area contributed by atoms with Crippen LogP contribution in [0, 0.1) is 29.1 Å². The van der Waals surface area contributed by atoms with Gasteiger partial charge in [0.2, 0.25) is 7.28 Å². The van der Waals surface area contributed by atoms with Gasteiger partial charge in [0.15, 0.2) is 23.2 Å². The summed E-state index contributed by atoms with van der Waals surface area (Å²) in [6.07, 6.45) is 0. The van der Waals surface area contributed by atoms with Crippen molar-refractivity contribution in [3.63, 3.8) is 0 Å². The van der Waals surface area contributed by atoms with Crippen LogP contribution in [0.5, 0.6) is 5.75 Å². The Labute approximate surface area is 112 Å². The molecule has 0 unspecified atom stereocenters. The van der Waals surface area contributed by atoms with E-state index in [0.29, 0.717) is 19.4 Å². The minimum absolute atomic E-state index is 0.269. The monoisotopic (exact) mass is 285 g/mol. The molecule has 2 aromatic rings. The highest BCUT2D eigenvalue weighted by molar-refractivity contribution is 6.67. The molecule has 0 aliphatic rings. The molecule has 7 heteroatoms. The first kappa shape index (κ1) is 14.4. The average molecular weight is 285 g/mol. The summed E-state index contributed by atoms with van der Waals surface area (Å²) in [6.45, 7) is 0. The average Bonchev–Trinajstić information content (AvgIpc) is 2.40. The van der Waals surface area contributed by atoms with Crippen LogP contribution in [0.4, 0.5) is 22.0 Å². The molecule has 0 saturated carbocycles. The summed E-state index contributed by atoms with van der Waals surface area (Å²) in [5, 5.41) is 0. The lowest BCUT2D eigenvalue weighted by molar-refractivity contribution is 0.386. The number of hydrogen-bond donors (Lipinski definition) is 0. The van der Waals surface area contributed by atoms with Crippen molar-refractivity contribution in [2.24, 2.45) is 0 Å². The van der Waals surface area contributed by atoms with Gasteiger partial charge < -0.3 is 4.74 Å². The first-order valence-electron chi connectivity index (χ1n) is 5.45. The van der Waals surface area contributed by atoms with Crippen LogP contribution in [0.15, 0.2) is 24.3 Å². The summed E-state index contributed by atoms with van der Waals surface area (Å²) < 4.78 is 71.6. The summed E-state index contributed by atoms with van der Waals surface area (Å²) in [5.74, 6) is -6.26. The van der Waals surface area contributed by atoms with Crippen LogP contribution in [0.25, 0.3) is 0 Å². The third-order valence-electron chi connectivity index (χ3n) is 2.63. The first-order chi connectivity index (χ1) is 9.43. The summed E-state index contributed by atoms with van der Waals surface area (Å²) in [6, 6.07) is 2.92. The fraction of sp³-hybridized carbons (Fsp3) is 0.0769. The van der Waals surface area contributed by atoms with E-state index in [1.54, 1.807) is 0 Å². The maximum atomic E-state index is 13.8. The standard InChI is InChI=1S/C13H7BF5O/c1-20-10-3-2-8(16)11(13(10)19)14-7-4-6(15)5-9(17)12(7)18/h2-5H,1H3. The quantitative estimate of drug-likeness (QED) is 0.476. The summed E-state index contributed by atoms with van der Waals surface area (Å²) in [4.78, 5) is 0. The molecule has 2 rings (SSSR count). The lowest BCUT2D eigenvalue weighted by Crippen LogP contribution is -2.35. The number of halogens is 5. The van der Waals surface area contributed by atoms with Gasteiger partial charge in [-0.05, 0) is 29.1 Å². The highest BCUT2D eigenvalue weighted by Crippen LogP contribution is 2.15. The van der Waals surface area contributed by atoms with Crippen molar-refractivity contribution in [1.82, 2.24) is 0 Å². The Hall–Kier alpha value is -2.05. The van der Waals surface area contributed by atoms with Crippen molar-refractivity contribution in [3.8, 4) is 5.75 Å². The van der Waals surface area contributed by atoms with Crippen LogP contribution >= 0.6 is 0 Å². The van der Waals surface area contributed by atoms with E-state index in [2.05, 4.69) is 4.74 Å². The van der Waals surface area contributed by atoms with Gasteiger partial charge in [0.05, 0.1) is 7.11 Å². The van der Waals surface area contributed by atoms with Gasteiger partial charge in [0.25, 0.3) is 0 Å². The maximum absolute atomic E-state index is 13.8. The zero-order valence-electron chi connectivity index (χ0n) is 10.2. The molecule has 0 bridgehead atoms. The Bertz CT molecular complexity index is 660. The molecule has 103 valence electrons. The van der Waals surface area contributed by atoms with Crippen LogP contribution in [-0.4, -0.2) is 14.4 Å². The third kappa shape index (κ3) is 2.61. The largest absolute Gasteiger partial charge is 0.494 e. The van der Waals surface area contributed by atoms with Crippen molar-refractivity contribution in [2.75, 3.05) is 7.11 Å². The number of hydrogen-bond acceptors (Lipinski definition) is 1.